The zero-order valence-electron chi connectivity index (χ0n) is 18.3. The van der Waals surface area contributed by atoms with Gasteiger partial charge in [0.1, 0.15) is 0 Å². The van der Waals surface area contributed by atoms with Gasteiger partial charge in [-0.05, 0) is 54.5 Å². The predicted molar refractivity (Wildman–Crippen MR) is 124 cm³/mol. The van der Waals surface area contributed by atoms with E-state index in [1.54, 1.807) is 12.1 Å². The molecule has 1 atom stereocenters. The molecular weight excluding hydrogens is 400 g/mol. The fourth-order valence-corrected chi connectivity index (χ4v) is 4.92. The minimum atomic E-state index is -0.173. The molecular formula is C27H30N2O3. The topological polar surface area (TPSA) is 54.7 Å². The fourth-order valence-electron chi connectivity index (χ4n) is 4.92. The van der Waals surface area contributed by atoms with Gasteiger partial charge in [-0.2, -0.15) is 0 Å². The molecule has 0 saturated carbocycles. The number of rotatable bonds is 6. The lowest BCUT2D eigenvalue weighted by Crippen LogP contribution is -2.44. The summed E-state index contributed by atoms with van der Waals surface area (Å²) in [6, 6.07) is 22.8. The number of carbonyl (C=O) groups is 1. The van der Waals surface area contributed by atoms with Crippen molar-refractivity contribution in [2.45, 2.75) is 43.9 Å². The van der Waals surface area contributed by atoms with E-state index in [0.29, 0.717) is 12.3 Å². The average molecular weight is 431 g/mol. The molecule has 5 nitrogen and oxygen atoms in total. The number of furan rings is 1. The molecule has 2 aliphatic rings. The van der Waals surface area contributed by atoms with E-state index in [1.165, 1.54) is 23.0 Å². The maximum absolute atomic E-state index is 12.1. The Balaban J connectivity index is 1.09. The number of piperidine rings is 1. The summed E-state index contributed by atoms with van der Waals surface area (Å²) >= 11 is 0. The van der Waals surface area contributed by atoms with E-state index in [2.05, 4.69) is 58.7 Å². The molecule has 5 rings (SSSR count). The molecule has 2 aliphatic heterocycles. The van der Waals surface area contributed by atoms with Crippen LogP contribution >= 0.6 is 0 Å². The maximum Gasteiger partial charge on any atom is 0.287 e. The SMILES string of the molecule is O=C(NCC1CCC2(CCN(Cc3ccc(-c4ccccc4)cc3)CC2)O1)c1ccco1. The van der Waals surface area contributed by atoms with Crippen molar-refractivity contribution in [1.29, 1.82) is 0 Å². The van der Waals surface area contributed by atoms with Gasteiger partial charge in [-0.1, -0.05) is 54.6 Å². The highest BCUT2D eigenvalue weighted by atomic mass is 16.5. The molecule has 2 saturated heterocycles. The van der Waals surface area contributed by atoms with E-state index >= 15 is 0 Å². The molecule has 3 heterocycles. The Morgan fingerprint density at radius 1 is 0.938 bits per heavy atom. The van der Waals surface area contributed by atoms with Gasteiger partial charge in [0, 0.05) is 26.2 Å². The molecule has 1 spiro atoms. The van der Waals surface area contributed by atoms with E-state index in [-0.39, 0.29) is 17.6 Å². The summed E-state index contributed by atoms with van der Waals surface area (Å²) in [7, 11) is 0. The second kappa shape index (κ2) is 9.31. The van der Waals surface area contributed by atoms with Crippen LogP contribution in [0.3, 0.4) is 0 Å². The Bertz CT molecular complexity index is 1010. The first-order valence-corrected chi connectivity index (χ1v) is 11.6. The summed E-state index contributed by atoms with van der Waals surface area (Å²) in [5.41, 5.74) is 3.85. The third-order valence-corrected chi connectivity index (χ3v) is 6.81. The first-order chi connectivity index (χ1) is 15.7. The summed E-state index contributed by atoms with van der Waals surface area (Å²) < 4.78 is 11.6. The third kappa shape index (κ3) is 4.79. The lowest BCUT2D eigenvalue weighted by molar-refractivity contribution is -0.0764. The Kier molecular flexibility index (Phi) is 6.10. The molecule has 5 heteroatoms. The van der Waals surface area contributed by atoms with Crippen molar-refractivity contribution in [2.75, 3.05) is 19.6 Å². The van der Waals surface area contributed by atoms with Crippen molar-refractivity contribution in [3.05, 3.63) is 84.3 Å². The maximum atomic E-state index is 12.1. The minimum Gasteiger partial charge on any atom is -0.459 e. The number of hydrogen-bond donors (Lipinski definition) is 1. The van der Waals surface area contributed by atoms with Crippen LogP contribution in [-0.2, 0) is 11.3 Å². The molecule has 1 N–H and O–H groups in total. The van der Waals surface area contributed by atoms with Gasteiger partial charge < -0.3 is 14.5 Å². The van der Waals surface area contributed by atoms with Crippen molar-refractivity contribution in [2.24, 2.45) is 0 Å². The fraction of sp³-hybridized carbons (Fsp3) is 0.370. The highest BCUT2D eigenvalue weighted by molar-refractivity contribution is 5.91. The molecule has 1 amide bonds. The molecule has 1 aromatic heterocycles. The first kappa shape index (κ1) is 21.0. The van der Waals surface area contributed by atoms with Crippen LogP contribution in [0.4, 0.5) is 0 Å². The monoisotopic (exact) mass is 430 g/mol. The number of nitrogens with zero attached hydrogens (tertiary/aromatic N) is 1. The lowest BCUT2D eigenvalue weighted by atomic mass is 9.88. The van der Waals surface area contributed by atoms with Gasteiger partial charge in [0.05, 0.1) is 18.0 Å². The Morgan fingerprint density at radius 2 is 1.69 bits per heavy atom. The van der Waals surface area contributed by atoms with E-state index in [1.807, 2.05) is 6.07 Å². The second-order valence-corrected chi connectivity index (χ2v) is 8.99. The number of ether oxygens (including phenoxy) is 1. The summed E-state index contributed by atoms with van der Waals surface area (Å²) in [5, 5.41) is 2.94. The molecule has 3 aromatic rings. The zero-order valence-corrected chi connectivity index (χ0v) is 18.3. The van der Waals surface area contributed by atoms with Crippen LogP contribution in [0.15, 0.2) is 77.4 Å². The van der Waals surface area contributed by atoms with Gasteiger partial charge >= 0.3 is 0 Å². The third-order valence-electron chi connectivity index (χ3n) is 6.81. The standard InChI is InChI=1S/C27H30N2O3/c30-26(25-7-4-18-31-25)28-19-24-12-13-27(32-24)14-16-29(17-15-27)20-21-8-10-23(11-9-21)22-5-2-1-3-6-22/h1-11,18,24H,12-17,19-20H2,(H,28,30). The number of hydrogen-bond acceptors (Lipinski definition) is 4. The molecule has 0 aliphatic carbocycles. The van der Waals surface area contributed by atoms with Crippen LogP contribution in [0, 0.1) is 0 Å². The van der Waals surface area contributed by atoms with Gasteiger partial charge in [0.2, 0.25) is 0 Å². The van der Waals surface area contributed by atoms with Crippen LogP contribution in [0.1, 0.15) is 41.8 Å². The van der Waals surface area contributed by atoms with Crippen LogP contribution < -0.4 is 5.32 Å². The Labute approximate surface area is 189 Å². The highest BCUT2D eigenvalue weighted by Crippen LogP contribution is 2.39. The first-order valence-electron chi connectivity index (χ1n) is 11.6. The highest BCUT2D eigenvalue weighted by Gasteiger charge is 2.42. The minimum absolute atomic E-state index is 0.0201. The molecule has 32 heavy (non-hydrogen) atoms. The summed E-state index contributed by atoms with van der Waals surface area (Å²) in [6.45, 7) is 3.62. The number of amides is 1. The summed E-state index contributed by atoms with van der Waals surface area (Å²) in [6.07, 6.45) is 5.79. The zero-order chi connectivity index (χ0) is 21.8. The molecule has 1 unspecified atom stereocenters. The van der Waals surface area contributed by atoms with Gasteiger partial charge in [0.25, 0.3) is 5.91 Å². The predicted octanol–water partition coefficient (Wildman–Crippen LogP) is 4.89. The van der Waals surface area contributed by atoms with Crippen molar-refractivity contribution in [3.63, 3.8) is 0 Å². The number of nitrogens with one attached hydrogen (secondary N) is 1. The molecule has 166 valence electrons. The largest absolute Gasteiger partial charge is 0.459 e. The number of likely N-dealkylation sites (tertiary alicyclic amines) is 1. The van der Waals surface area contributed by atoms with Crippen molar-refractivity contribution in [3.8, 4) is 11.1 Å². The average Bonchev–Trinajstić information content (AvgIpc) is 3.51. The molecule has 0 radical (unpaired) electrons. The van der Waals surface area contributed by atoms with Crippen LogP contribution in [0.5, 0.6) is 0 Å². The van der Waals surface area contributed by atoms with Gasteiger partial charge in [-0.25, -0.2) is 0 Å². The van der Waals surface area contributed by atoms with Crippen molar-refractivity contribution < 1.29 is 13.9 Å². The summed E-state index contributed by atoms with van der Waals surface area (Å²) in [5.74, 6) is 0.176. The lowest BCUT2D eigenvalue weighted by Gasteiger charge is -2.39. The van der Waals surface area contributed by atoms with Gasteiger partial charge in [-0.3, -0.25) is 9.69 Å². The Hall–Kier alpha value is -2.89. The van der Waals surface area contributed by atoms with E-state index in [9.17, 15) is 4.79 Å². The van der Waals surface area contributed by atoms with Crippen LogP contribution in [-0.4, -0.2) is 42.1 Å². The van der Waals surface area contributed by atoms with E-state index in [4.69, 9.17) is 9.15 Å². The molecule has 0 bridgehead atoms. The summed E-state index contributed by atoms with van der Waals surface area (Å²) in [4.78, 5) is 14.6. The second-order valence-electron chi connectivity index (χ2n) is 8.99. The smallest absolute Gasteiger partial charge is 0.287 e. The number of benzene rings is 2. The quantitative estimate of drug-likeness (QED) is 0.605. The van der Waals surface area contributed by atoms with Crippen molar-refractivity contribution in [1.82, 2.24) is 10.2 Å². The van der Waals surface area contributed by atoms with Crippen LogP contribution in [0.25, 0.3) is 11.1 Å². The molecule has 2 aromatic carbocycles. The van der Waals surface area contributed by atoms with Gasteiger partial charge in [-0.15, -0.1) is 0 Å². The Morgan fingerprint density at radius 3 is 2.41 bits per heavy atom. The van der Waals surface area contributed by atoms with E-state index < -0.39 is 0 Å². The van der Waals surface area contributed by atoms with Crippen molar-refractivity contribution >= 4 is 5.91 Å². The van der Waals surface area contributed by atoms with Crippen LogP contribution in [0.2, 0.25) is 0 Å². The van der Waals surface area contributed by atoms with E-state index in [0.717, 1.165) is 45.3 Å². The van der Waals surface area contributed by atoms with Gasteiger partial charge in [0.15, 0.2) is 5.76 Å². The normalized spacial score (nSPS) is 20.4. The number of carbonyl (C=O) groups excluding carboxylic acids is 1. The molecule has 2 fully saturated rings.